The zero-order valence-corrected chi connectivity index (χ0v) is 18.3. The summed E-state index contributed by atoms with van der Waals surface area (Å²) in [6.07, 6.45) is 0. The van der Waals surface area contributed by atoms with Crippen molar-refractivity contribution in [2.45, 2.75) is 24.4 Å². The topological polar surface area (TPSA) is 78.9 Å². The van der Waals surface area contributed by atoms with Gasteiger partial charge in [0.1, 0.15) is 0 Å². The molecular weight excluding hydrogens is 402 g/mol. The van der Waals surface area contributed by atoms with Gasteiger partial charge >= 0.3 is 0 Å². The number of ether oxygens (including phenoxy) is 1. The lowest BCUT2D eigenvalue weighted by molar-refractivity contribution is 0.0905. The summed E-state index contributed by atoms with van der Waals surface area (Å²) in [6, 6.07) is 16.2. The molecule has 0 spiro atoms. The third-order valence-corrected chi connectivity index (χ3v) is 7.00. The van der Waals surface area contributed by atoms with Crippen LogP contribution in [0.2, 0.25) is 0 Å². The fourth-order valence-corrected chi connectivity index (χ4v) is 4.98. The van der Waals surface area contributed by atoms with Gasteiger partial charge < -0.3 is 10.1 Å². The maximum absolute atomic E-state index is 13.1. The molecule has 1 atom stereocenters. The second-order valence-electron chi connectivity index (χ2n) is 7.52. The van der Waals surface area contributed by atoms with Crippen molar-refractivity contribution in [2.24, 2.45) is 0 Å². The van der Waals surface area contributed by atoms with Gasteiger partial charge in [-0.3, -0.25) is 9.69 Å². The molecule has 8 heteroatoms. The minimum absolute atomic E-state index is 0.144. The highest BCUT2D eigenvalue weighted by Crippen LogP contribution is 2.20. The second-order valence-corrected chi connectivity index (χ2v) is 9.46. The first-order valence-corrected chi connectivity index (χ1v) is 11.5. The summed E-state index contributed by atoms with van der Waals surface area (Å²) in [5, 5.41) is 2.81. The standard InChI is InChI=1S/C22H29N3O4S/c1-18(17-29-2)23-22(26)20-9-6-10-21(15-20)30(27,28)25-13-11-24(12-14-25)16-19-7-4-3-5-8-19/h3-10,15,18H,11-14,16-17H2,1-2H3,(H,23,26). The molecule has 1 aliphatic rings. The first kappa shape index (κ1) is 22.4. The maximum Gasteiger partial charge on any atom is 0.251 e. The monoisotopic (exact) mass is 431 g/mol. The summed E-state index contributed by atoms with van der Waals surface area (Å²) in [4.78, 5) is 14.8. The molecule has 1 N–H and O–H groups in total. The third-order valence-electron chi connectivity index (χ3n) is 5.11. The molecule has 1 saturated heterocycles. The average molecular weight is 432 g/mol. The zero-order chi connectivity index (χ0) is 21.6. The number of carbonyl (C=O) groups is 1. The van der Waals surface area contributed by atoms with Crippen LogP contribution in [-0.4, -0.2) is 69.5 Å². The largest absolute Gasteiger partial charge is 0.383 e. The molecule has 1 amide bonds. The molecule has 2 aromatic rings. The first-order chi connectivity index (χ1) is 14.4. The van der Waals surface area contributed by atoms with E-state index in [-0.39, 0.29) is 16.8 Å². The van der Waals surface area contributed by atoms with Crippen molar-refractivity contribution in [1.29, 1.82) is 0 Å². The van der Waals surface area contributed by atoms with E-state index in [1.807, 2.05) is 25.1 Å². The highest BCUT2D eigenvalue weighted by molar-refractivity contribution is 7.89. The third kappa shape index (κ3) is 5.66. The van der Waals surface area contributed by atoms with E-state index in [9.17, 15) is 13.2 Å². The van der Waals surface area contributed by atoms with Crippen molar-refractivity contribution in [3.63, 3.8) is 0 Å². The molecule has 162 valence electrons. The van der Waals surface area contributed by atoms with Crippen molar-refractivity contribution in [1.82, 2.24) is 14.5 Å². The van der Waals surface area contributed by atoms with Gasteiger partial charge in [0.15, 0.2) is 0 Å². The molecule has 3 rings (SSSR count). The minimum atomic E-state index is -3.65. The molecule has 0 aromatic heterocycles. The molecule has 0 aliphatic carbocycles. The molecule has 0 bridgehead atoms. The summed E-state index contributed by atoms with van der Waals surface area (Å²) < 4.78 is 32.7. The molecule has 1 heterocycles. The molecule has 2 aromatic carbocycles. The Bertz CT molecular complexity index is 942. The molecule has 1 fully saturated rings. The maximum atomic E-state index is 13.1. The summed E-state index contributed by atoms with van der Waals surface area (Å²) in [7, 11) is -2.09. The fourth-order valence-electron chi connectivity index (χ4n) is 3.52. The van der Waals surface area contributed by atoms with Gasteiger partial charge in [0.25, 0.3) is 5.91 Å². The average Bonchev–Trinajstić information content (AvgIpc) is 2.75. The summed E-state index contributed by atoms with van der Waals surface area (Å²) in [5.41, 5.74) is 1.54. The molecule has 0 saturated carbocycles. The number of benzene rings is 2. The minimum Gasteiger partial charge on any atom is -0.383 e. The van der Waals surface area contributed by atoms with Gasteiger partial charge in [0.05, 0.1) is 11.5 Å². The van der Waals surface area contributed by atoms with Gasteiger partial charge in [-0.1, -0.05) is 36.4 Å². The molecule has 0 radical (unpaired) electrons. The fraction of sp³-hybridized carbons (Fsp3) is 0.409. The van der Waals surface area contributed by atoms with E-state index < -0.39 is 10.0 Å². The van der Waals surface area contributed by atoms with Crippen molar-refractivity contribution in [3.05, 3.63) is 65.7 Å². The number of methoxy groups -OCH3 is 1. The Hall–Kier alpha value is -2.26. The van der Waals surface area contributed by atoms with Crippen LogP contribution in [0, 0.1) is 0 Å². The van der Waals surface area contributed by atoms with Crippen LogP contribution < -0.4 is 5.32 Å². The number of hydrogen-bond donors (Lipinski definition) is 1. The normalized spacial score (nSPS) is 16.9. The van der Waals surface area contributed by atoms with Crippen molar-refractivity contribution in [3.8, 4) is 0 Å². The second kappa shape index (κ2) is 10.2. The predicted octanol–water partition coefficient (Wildman–Crippen LogP) is 1.96. The van der Waals surface area contributed by atoms with E-state index in [4.69, 9.17) is 4.74 Å². The summed E-state index contributed by atoms with van der Waals surface area (Å²) >= 11 is 0. The Kier molecular flexibility index (Phi) is 7.60. The number of rotatable bonds is 8. The number of nitrogens with zero attached hydrogens (tertiary/aromatic N) is 2. The Balaban J connectivity index is 1.64. The van der Waals surface area contributed by atoms with E-state index in [1.165, 1.54) is 15.9 Å². The number of piperazine rings is 1. The van der Waals surface area contributed by atoms with Crippen LogP contribution in [0.4, 0.5) is 0 Å². The molecular formula is C22H29N3O4S. The first-order valence-electron chi connectivity index (χ1n) is 10.1. The van der Waals surface area contributed by atoms with Crippen molar-refractivity contribution in [2.75, 3.05) is 39.9 Å². The number of sulfonamides is 1. The SMILES string of the molecule is COCC(C)NC(=O)c1cccc(S(=O)(=O)N2CCN(Cc3ccccc3)CC2)c1. The van der Waals surface area contributed by atoms with Crippen LogP contribution in [0.1, 0.15) is 22.8 Å². The van der Waals surface area contributed by atoms with Crippen LogP contribution >= 0.6 is 0 Å². The smallest absolute Gasteiger partial charge is 0.251 e. The Labute approximate surface area is 178 Å². The quantitative estimate of drug-likeness (QED) is 0.691. The van der Waals surface area contributed by atoms with E-state index in [2.05, 4.69) is 22.3 Å². The lowest BCUT2D eigenvalue weighted by atomic mass is 10.2. The number of nitrogens with one attached hydrogen (secondary N) is 1. The molecule has 30 heavy (non-hydrogen) atoms. The van der Waals surface area contributed by atoms with Crippen LogP contribution in [0.15, 0.2) is 59.5 Å². The Morgan fingerprint density at radius 1 is 1.07 bits per heavy atom. The molecule has 1 unspecified atom stereocenters. The van der Waals surface area contributed by atoms with Gasteiger partial charge in [-0.05, 0) is 30.7 Å². The van der Waals surface area contributed by atoms with E-state index in [1.54, 1.807) is 25.3 Å². The highest BCUT2D eigenvalue weighted by atomic mass is 32.2. The summed E-state index contributed by atoms with van der Waals surface area (Å²) in [6.45, 7) is 5.22. The van der Waals surface area contributed by atoms with Crippen LogP contribution in [0.5, 0.6) is 0 Å². The molecule has 1 aliphatic heterocycles. The Morgan fingerprint density at radius 2 is 1.77 bits per heavy atom. The van der Waals surface area contributed by atoms with Gasteiger partial charge in [-0.25, -0.2) is 8.42 Å². The Morgan fingerprint density at radius 3 is 2.43 bits per heavy atom. The van der Waals surface area contributed by atoms with Crippen LogP contribution in [0.25, 0.3) is 0 Å². The van der Waals surface area contributed by atoms with Gasteiger partial charge in [0.2, 0.25) is 10.0 Å². The van der Waals surface area contributed by atoms with Gasteiger partial charge in [-0.15, -0.1) is 0 Å². The molecule has 7 nitrogen and oxygen atoms in total. The van der Waals surface area contributed by atoms with Crippen molar-refractivity contribution >= 4 is 15.9 Å². The summed E-state index contributed by atoms with van der Waals surface area (Å²) in [5.74, 6) is -0.315. The lowest BCUT2D eigenvalue weighted by Crippen LogP contribution is -2.48. The van der Waals surface area contributed by atoms with Crippen LogP contribution in [-0.2, 0) is 21.3 Å². The van der Waals surface area contributed by atoms with Gasteiger partial charge in [-0.2, -0.15) is 4.31 Å². The van der Waals surface area contributed by atoms with E-state index >= 15 is 0 Å². The van der Waals surface area contributed by atoms with E-state index in [0.717, 1.165) is 6.54 Å². The zero-order valence-electron chi connectivity index (χ0n) is 17.5. The predicted molar refractivity (Wildman–Crippen MR) is 116 cm³/mol. The highest BCUT2D eigenvalue weighted by Gasteiger charge is 2.29. The van der Waals surface area contributed by atoms with Crippen molar-refractivity contribution < 1.29 is 17.9 Å². The van der Waals surface area contributed by atoms with Gasteiger partial charge in [0, 0.05) is 51.4 Å². The van der Waals surface area contributed by atoms with Crippen LogP contribution in [0.3, 0.4) is 0 Å². The number of hydrogen-bond acceptors (Lipinski definition) is 5. The van der Waals surface area contributed by atoms with E-state index in [0.29, 0.717) is 38.3 Å². The lowest BCUT2D eigenvalue weighted by Gasteiger charge is -2.34. The number of amides is 1. The number of carbonyl (C=O) groups excluding carboxylic acids is 1.